The summed E-state index contributed by atoms with van der Waals surface area (Å²) in [6, 6.07) is 8.23. The average molecular weight is 353 g/mol. The van der Waals surface area contributed by atoms with Crippen molar-refractivity contribution in [2.24, 2.45) is 0 Å². The van der Waals surface area contributed by atoms with Gasteiger partial charge in [0.15, 0.2) is 0 Å². The van der Waals surface area contributed by atoms with E-state index < -0.39 is 0 Å². The van der Waals surface area contributed by atoms with Gasteiger partial charge in [0.1, 0.15) is 5.82 Å². The minimum atomic E-state index is 0.436. The van der Waals surface area contributed by atoms with Gasteiger partial charge in [0.2, 0.25) is 12.4 Å². The van der Waals surface area contributed by atoms with Crippen molar-refractivity contribution >= 4 is 35.6 Å². The molecule has 138 valence electrons. The molecule has 1 aromatic heterocycles. The molecule has 2 rings (SSSR count). The van der Waals surface area contributed by atoms with Gasteiger partial charge in [-0.05, 0) is 37.1 Å². The molecule has 0 unspecified atom stereocenters. The zero-order valence-corrected chi connectivity index (χ0v) is 15.8. The molecule has 0 aliphatic carbocycles. The lowest BCUT2D eigenvalue weighted by Gasteiger charge is -2.24. The van der Waals surface area contributed by atoms with E-state index in [-0.39, 0.29) is 0 Å². The first-order valence-corrected chi connectivity index (χ1v) is 8.92. The Kier molecular flexibility index (Phi) is 7.14. The van der Waals surface area contributed by atoms with Crippen LogP contribution in [0.5, 0.6) is 0 Å². The number of carbonyl (C=O) groups is 1. The Bertz CT molecular complexity index is 723. The molecule has 0 bridgehead atoms. The zero-order valence-electron chi connectivity index (χ0n) is 15.8. The van der Waals surface area contributed by atoms with Crippen LogP contribution in [0.2, 0.25) is 0 Å². The van der Waals surface area contributed by atoms with Crippen LogP contribution >= 0.6 is 0 Å². The quantitative estimate of drug-likeness (QED) is 0.652. The lowest BCUT2D eigenvalue weighted by atomic mass is 10.2. The van der Waals surface area contributed by atoms with Gasteiger partial charge < -0.3 is 15.1 Å². The molecule has 0 fully saturated rings. The summed E-state index contributed by atoms with van der Waals surface area (Å²) in [4.78, 5) is 23.6. The number of anilines is 4. The summed E-state index contributed by atoms with van der Waals surface area (Å²) >= 11 is 0. The van der Waals surface area contributed by atoms with Gasteiger partial charge in [-0.15, -0.1) is 0 Å². The summed E-state index contributed by atoms with van der Waals surface area (Å²) in [6.45, 7) is 10.2. The number of nitrogens with one attached hydrogen (secondary N) is 1. The van der Waals surface area contributed by atoms with Crippen molar-refractivity contribution < 1.29 is 4.79 Å². The molecular weight excluding hydrogens is 326 g/mol. The number of nitrogens with zero attached hydrogens (tertiary/aromatic N) is 4. The predicted molar refractivity (Wildman–Crippen MR) is 109 cm³/mol. The van der Waals surface area contributed by atoms with Crippen LogP contribution in [0.15, 0.2) is 37.0 Å². The molecule has 1 aromatic carbocycles. The Morgan fingerprint density at radius 1 is 1.15 bits per heavy atom. The maximum absolute atomic E-state index is 11.1. The molecule has 26 heavy (non-hydrogen) atoms. The van der Waals surface area contributed by atoms with Crippen LogP contribution in [-0.2, 0) is 4.79 Å². The van der Waals surface area contributed by atoms with Gasteiger partial charge in [-0.1, -0.05) is 26.5 Å². The third kappa shape index (κ3) is 4.81. The van der Waals surface area contributed by atoms with E-state index >= 15 is 0 Å². The second-order valence-electron chi connectivity index (χ2n) is 6.05. The number of rotatable bonds is 10. The highest BCUT2D eigenvalue weighted by Gasteiger charge is 2.10. The third-order valence-corrected chi connectivity index (χ3v) is 3.98. The van der Waals surface area contributed by atoms with Crippen molar-refractivity contribution in [2.45, 2.75) is 26.7 Å². The van der Waals surface area contributed by atoms with E-state index in [0.29, 0.717) is 23.7 Å². The van der Waals surface area contributed by atoms with Crippen molar-refractivity contribution in [3.8, 4) is 0 Å². The fourth-order valence-electron chi connectivity index (χ4n) is 2.71. The topological polar surface area (TPSA) is 61.4 Å². The summed E-state index contributed by atoms with van der Waals surface area (Å²) in [5.41, 5.74) is 2.81. The molecule has 2 aromatic rings. The number of benzene rings is 1. The van der Waals surface area contributed by atoms with Gasteiger partial charge in [0, 0.05) is 43.3 Å². The molecule has 0 saturated heterocycles. The Hall–Kier alpha value is -2.89. The van der Waals surface area contributed by atoms with Crippen molar-refractivity contribution in [3.63, 3.8) is 0 Å². The molecule has 0 radical (unpaired) electrons. The van der Waals surface area contributed by atoms with Crippen LogP contribution < -0.4 is 15.1 Å². The van der Waals surface area contributed by atoms with Gasteiger partial charge in [-0.3, -0.25) is 4.79 Å². The number of hydrogen-bond donors (Lipinski definition) is 1. The molecule has 1 N–H and O–H groups in total. The maximum Gasteiger partial charge on any atom is 0.229 e. The molecule has 1 heterocycles. The van der Waals surface area contributed by atoms with E-state index in [1.54, 1.807) is 19.3 Å². The summed E-state index contributed by atoms with van der Waals surface area (Å²) in [5.74, 6) is 0.951. The van der Waals surface area contributed by atoms with E-state index in [4.69, 9.17) is 0 Å². The van der Waals surface area contributed by atoms with E-state index in [2.05, 4.69) is 52.7 Å². The largest absolute Gasteiger partial charge is 0.372 e. The molecule has 0 aliphatic heterocycles. The summed E-state index contributed by atoms with van der Waals surface area (Å²) < 4.78 is 0. The molecule has 6 nitrogen and oxygen atoms in total. The van der Waals surface area contributed by atoms with Gasteiger partial charge in [-0.2, -0.15) is 4.98 Å². The molecule has 0 aliphatic rings. The molecular formula is C20H27N5O. The Balaban J connectivity index is 2.18. The average Bonchev–Trinajstić information content (AvgIpc) is 2.68. The van der Waals surface area contributed by atoms with Crippen molar-refractivity contribution in [3.05, 3.63) is 42.6 Å². The third-order valence-electron chi connectivity index (χ3n) is 3.98. The van der Waals surface area contributed by atoms with Gasteiger partial charge >= 0.3 is 0 Å². The number of aromatic nitrogens is 2. The predicted octanol–water partition coefficient (Wildman–Crippen LogP) is 4.08. The second-order valence-corrected chi connectivity index (χ2v) is 6.05. The van der Waals surface area contributed by atoms with Crippen LogP contribution in [0.3, 0.4) is 0 Å². The molecule has 6 heteroatoms. The Labute approximate surface area is 155 Å². The number of amides is 1. The van der Waals surface area contributed by atoms with E-state index in [0.717, 1.165) is 31.6 Å². The van der Waals surface area contributed by atoms with Crippen LogP contribution in [0.1, 0.15) is 32.3 Å². The normalized spacial score (nSPS) is 10.3. The smallest absolute Gasteiger partial charge is 0.229 e. The van der Waals surface area contributed by atoms with Crippen LogP contribution in [0.25, 0.3) is 6.08 Å². The fraction of sp³-hybridized carbons (Fsp3) is 0.350. The van der Waals surface area contributed by atoms with Crippen molar-refractivity contribution in [1.29, 1.82) is 0 Å². The minimum Gasteiger partial charge on any atom is -0.372 e. The zero-order chi connectivity index (χ0) is 18.9. The standard InChI is InChI=1S/C20H27N5O/c1-5-12-25(13-6-2)18-10-8-17(9-11-18)22-20-21-14-16(7-3)19(23-20)24(4)15-26/h7-11,14-15H,3,5-6,12-13H2,1-2,4H3,(H,21,22,23). The van der Waals surface area contributed by atoms with E-state index in [1.807, 2.05) is 12.1 Å². The van der Waals surface area contributed by atoms with E-state index in [1.165, 1.54) is 10.6 Å². The molecule has 1 amide bonds. The Morgan fingerprint density at radius 3 is 2.35 bits per heavy atom. The molecule has 0 spiro atoms. The number of hydrogen-bond acceptors (Lipinski definition) is 5. The van der Waals surface area contributed by atoms with Crippen LogP contribution in [-0.4, -0.2) is 36.5 Å². The lowest BCUT2D eigenvalue weighted by molar-refractivity contribution is -0.107. The summed E-state index contributed by atoms with van der Waals surface area (Å²) in [6.07, 6.45) is 6.23. The first-order valence-electron chi connectivity index (χ1n) is 8.92. The molecule has 0 saturated carbocycles. The monoisotopic (exact) mass is 353 g/mol. The first-order chi connectivity index (χ1) is 12.6. The number of carbonyl (C=O) groups excluding carboxylic acids is 1. The summed E-state index contributed by atoms with van der Waals surface area (Å²) in [7, 11) is 1.65. The first kappa shape index (κ1) is 19.4. The second kappa shape index (κ2) is 9.56. The fourth-order valence-corrected chi connectivity index (χ4v) is 2.71. The highest BCUT2D eigenvalue weighted by molar-refractivity contribution is 5.78. The van der Waals surface area contributed by atoms with Gasteiger partial charge in [0.25, 0.3) is 0 Å². The van der Waals surface area contributed by atoms with Crippen molar-refractivity contribution in [1.82, 2.24) is 9.97 Å². The van der Waals surface area contributed by atoms with Gasteiger partial charge in [-0.25, -0.2) is 4.98 Å². The lowest BCUT2D eigenvalue weighted by Crippen LogP contribution is -2.24. The van der Waals surface area contributed by atoms with Crippen molar-refractivity contribution in [2.75, 3.05) is 35.3 Å². The van der Waals surface area contributed by atoms with Crippen LogP contribution in [0, 0.1) is 0 Å². The highest BCUT2D eigenvalue weighted by atomic mass is 16.1. The van der Waals surface area contributed by atoms with Gasteiger partial charge in [0.05, 0.1) is 0 Å². The molecule has 0 atom stereocenters. The van der Waals surface area contributed by atoms with Crippen LogP contribution in [0.4, 0.5) is 23.1 Å². The maximum atomic E-state index is 11.1. The minimum absolute atomic E-state index is 0.436. The highest BCUT2D eigenvalue weighted by Crippen LogP contribution is 2.23. The van der Waals surface area contributed by atoms with E-state index in [9.17, 15) is 4.79 Å². The SMILES string of the molecule is C=Cc1cnc(Nc2ccc(N(CCC)CCC)cc2)nc1N(C)C=O. The Morgan fingerprint density at radius 2 is 1.81 bits per heavy atom. The summed E-state index contributed by atoms with van der Waals surface area (Å²) in [5, 5.41) is 3.19.